The van der Waals surface area contributed by atoms with Crippen molar-refractivity contribution in [1.29, 1.82) is 0 Å². The molecule has 0 radical (unpaired) electrons. The van der Waals surface area contributed by atoms with Gasteiger partial charge in [0, 0.05) is 12.1 Å². The van der Waals surface area contributed by atoms with E-state index in [4.69, 9.17) is 0 Å². The number of rotatable bonds is 6. The van der Waals surface area contributed by atoms with Crippen LogP contribution in [0.4, 0.5) is 0 Å². The summed E-state index contributed by atoms with van der Waals surface area (Å²) in [5.74, 6) is 0. The molecule has 1 heterocycles. The average molecular weight is 238 g/mol. The lowest BCUT2D eigenvalue weighted by Crippen LogP contribution is -2.36. The summed E-state index contributed by atoms with van der Waals surface area (Å²) < 4.78 is 0. The van der Waals surface area contributed by atoms with Crippen molar-refractivity contribution in [2.24, 2.45) is 0 Å². The zero-order valence-electron chi connectivity index (χ0n) is 11.6. The number of nitrogens with one attached hydrogen (secondary N) is 1. The number of hydrogen-bond donors (Lipinski definition) is 1. The van der Waals surface area contributed by atoms with Crippen LogP contribution in [-0.4, -0.2) is 36.6 Å². The topological polar surface area (TPSA) is 15.3 Å². The molecular formula is C15H30N2. The highest BCUT2D eigenvalue weighted by Crippen LogP contribution is 2.19. The highest BCUT2D eigenvalue weighted by atomic mass is 15.1. The molecule has 1 N–H and O–H groups in total. The van der Waals surface area contributed by atoms with Crippen molar-refractivity contribution in [1.82, 2.24) is 10.2 Å². The summed E-state index contributed by atoms with van der Waals surface area (Å²) in [7, 11) is 0. The standard InChI is InChI=1S/C15H30N2/c1-14(8-7-11-16-15-9-10-15)17-12-5-3-2-4-6-13-17/h14-16H,2-13H2,1H3. The second kappa shape index (κ2) is 7.38. The van der Waals surface area contributed by atoms with Crippen LogP contribution >= 0.6 is 0 Å². The van der Waals surface area contributed by atoms with Crippen LogP contribution in [0.25, 0.3) is 0 Å². The van der Waals surface area contributed by atoms with Crippen molar-refractivity contribution in [2.45, 2.75) is 76.8 Å². The van der Waals surface area contributed by atoms with Crippen LogP contribution in [0.5, 0.6) is 0 Å². The van der Waals surface area contributed by atoms with E-state index in [0.717, 1.165) is 12.1 Å². The Morgan fingerprint density at radius 3 is 2.35 bits per heavy atom. The fourth-order valence-electron chi connectivity index (χ4n) is 2.89. The molecule has 0 aromatic rings. The summed E-state index contributed by atoms with van der Waals surface area (Å²) >= 11 is 0. The smallest absolute Gasteiger partial charge is 0.00682 e. The zero-order chi connectivity index (χ0) is 11.9. The minimum absolute atomic E-state index is 0.800. The summed E-state index contributed by atoms with van der Waals surface area (Å²) in [5.41, 5.74) is 0. The van der Waals surface area contributed by atoms with Crippen molar-refractivity contribution in [3.05, 3.63) is 0 Å². The van der Waals surface area contributed by atoms with Crippen LogP contribution in [0.3, 0.4) is 0 Å². The molecule has 100 valence electrons. The molecule has 0 bridgehead atoms. The lowest BCUT2D eigenvalue weighted by molar-refractivity contribution is 0.180. The molecule has 1 unspecified atom stereocenters. The highest BCUT2D eigenvalue weighted by molar-refractivity contribution is 4.80. The van der Waals surface area contributed by atoms with Crippen LogP contribution in [0.15, 0.2) is 0 Å². The maximum atomic E-state index is 3.62. The summed E-state index contributed by atoms with van der Waals surface area (Å²) in [6.07, 6.45) is 12.8. The van der Waals surface area contributed by atoms with E-state index in [1.54, 1.807) is 0 Å². The van der Waals surface area contributed by atoms with Gasteiger partial charge in [-0.25, -0.2) is 0 Å². The Morgan fingerprint density at radius 1 is 1.06 bits per heavy atom. The Morgan fingerprint density at radius 2 is 1.71 bits per heavy atom. The largest absolute Gasteiger partial charge is 0.314 e. The predicted octanol–water partition coefficient (Wildman–Crippen LogP) is 3.17. The SMILES string of the molecule is CC(CCCNC1CC1)N1CCCCCCC1. The van der Waals surface area contributed by atoms with Gasteiger partial charge in [0.15, 0.2) is 0 Å². The van der Waals surface area contributed by atoms with Crippen LogP contribution < -0.4 is 5.32 Å². The second-order valence-electron chi connectivity index (χ2n) is 6.02. The van der Waals surface area contributed by atoms with Gasteiger partial charge in [-0.1, -0.05) is 19.3 Å². The molecule has 0 spiro atoms. The zero-order valence-corrected chi connectivity index (χ0v) is 11.6. The molecule has 2 heteroatoms. The molecule has 1 saturated carbocycles. The number of hydrogen-bond acceptors (Lipinski definition) is 2. The quantitative estimate of drug-likeness (QED) is 0.715. The molecule has 2 nitrogen and oxygen atoms in total. The molecule has 0 amide bonds. The van der Waals surface area contributed by atoms with E-state index in [0.29, 0.717) is 0 Å². The Labute approximate surface area is 107 Å². The summed E-state index contributed by atoms with van der Waals surface area (Å²) in [5, 5.41) is 3.62. The van der Waals surface area contributed by atoms with Gasteiger partial charge in [-0.2, -0.15) is 0 Å². The van der Waals surface area contributed by atoms with Crippen LogP contribution in [0.2, 0.25) is 0 Å². The summed E-state index contributed by atoms with van der Waals surface area (Å²) in [6.45, 7) is 6.36. The minimum Gasteiger partial charge on any atom is -0.314 e. The van der Waals surface area contributed by atoms with E-state index < -0.39 is 0 Å². The number of nitrogens with zero attached hydrogens (tertiary/aromatic N) is 1. The second-order valence-corrected chi connectivity index (χ2v) is 6.02. The van der Waals surface area contributed by atoms with Gasteiger partial charge in [0.1, 0.15) is 0 Å². The molecule has 2 rings (SSSR count). The fraction of sp³-hybridized carbons (Fsp3) is 1.00. The molecule has 0 aromatic carbocycles. The first-order valence-corrected chi connectivity index (χ1v) is 7.83. The van der Waals surface area contributed by atoms with Gasteiger partial charge in [-0.15, -0.1) is 0 Å². The van der Waals surface area contributed by atoms with Gasteiger partial charge >= 0.3 is 0 Å². The maximum absolute atomic E-state index is 3.62. The molecule has 17 heavy (non-hydrogen) atoms. The predicted molar refractivity (Wildman–Crippen MR) is 74.4 cm³/mol. The van der Waals surface area contributed by atoms with Gasteiger partial charge < -0.3 is 10.2 Å². The van der Waals surface area contributed by atoms with E-state index in [-0.39, 0.29) is 0 Å². The van der Waals surface area contributed by atoms with Crippen molar-refractivity contribution in [2.75, 3.05) is 19.6 Å². The third kappa shape index (κ3) is 5.39. The average Bonchev–Trinajstić information content (AvgIpc) is 3.07. The number of likely N-dealkylation sites (tertiary alicyclic amines) is 1. The van der Waals surface area contributed by atoms with Crippen molar-refractivity contribution in [3.8, 4) is 0 Å². The monoisotopic (exact) mass is 238 g/mol. The van der Waals surface area contributed by atoms with Gasteiger partial charge in [0.05, 0.1) is 0 Å². The Balaban J connectivity index is 1.56. The van der Waals surface area contributed by atoms with Gasteiger partial charge in [0.25, 0.3) is 0 Å². The molecular weight excluding hydrogens is 208 g/mol. The molecule has 2 fully saturated rings. The molecule has 2 aliphatic rings. The van der Waals surface area contributed by atoms with E-state index >= 15 is 0 Å². The molecule has 0 aromatic heterocycles. The molecule has 1 aliphatic heterocycles. The van der Waals surface area contributed by atoms with E-state index in [9.17, 15) is 0 Å². The molecule has 1 saturated heterocycles. The summed E-state index contributed by atoms with van der Waals surface area (Å²) in [4.78, 5) is 2.73. The molecule has 1 atom stereocenters. The van der Waals surface area contributed by atoms with Crippen LogP contribution in [0.1, 0.15) is 64.7 Å². The Hall–Kier alpha value is -0.0800. The van der Waals surface area contributed by atoms with Crippen LogP contribution in [-0.2, 0) is 0 Å². The van der Waals surface area contributed by atoms with Gasteiger partial charge in [0.2, 0.25) is 0 Å². The fourth-order valence-corrected chi connectivity index (χ4v) is 2.89. The normalized spacial score (nSPS) is 25.2. The maximum Gasteiger partial charge on any atom is 0.00682 e. The Kier molecular flexibility index (Phi) is 5.79. The van der Waals surface area contributed by atoms with E-state index in [1.807, 2.05) is 0 Å². The van der Waals surface area contributed by atoms with E-state index in [2.05, 4.69) is 17.1 Å². The third-order valence-corrected chi connectivity index (χ3v) is 4.32. The first-order chi connectivity index (χ1) is 8.36. The van der Waals surface area contributed by atoms with Gasteiger partial charge in [-0.05, 0) is 65.1 Å². The van der Waals surface area contributed by atoms with Crippen LogP contribution in [0, 0.1) is 0 Å². The first-order valence-electron chi connectivity index (χ1n) is 7.83. The van der Waals surface area contributed by atoms with E-state index in [1.165, 1.54) is 77.4 Å². The van der Waals surface area contributed by atoms with Crippen molar-refractivity contribution >= 4 is 0 Å². The lowest BCUT2D eigenvalue weighted by Gasteiger charge is -2.30. The minimum atomic E-state index is 0.800. The molecule has 1 aliphatic carbocycles. The lowest BCUT2D eigenvalue weighted by atomic mass is 10.1. The first kappa shape index (κ1) is 13.4. The highest BCUT2D eigenvalue weighted by Gasteiger charge is 2.20. The Bertz CT molecular complexity index is 193. The summed E-state index contributed by atoms with van der Waals surface area (Å²) in [6, 6.07) is 1.68. The van der Waals surface area contributed by atoms with Crippen molar-refractivity contribution in [3.63, 3.8) is 0 Å². The van der Waals surface area contributed by atoms with Crippen molar-refractivity contribution < 1.29 is 0 Å². The third-order valence-electron chi connectivity index (χ3n) is 4.32. The van der Waals surface area contributed by atoms with Gasteiger partial charge in [-0.3, -0.25) is 0 Å².